The number of hydrogen-bond donors (Lipinski definition) is 1. The Labute approximate surface area is 204 Å². The fourth-order valence-electron chi connectivity index (χ4n) is 4.62. The number of aryl methyl sites for hydroxylation is 1. The minimum absolute atomic E-state index is 0.165. The molecule has 6 nitrogen and oxygen atoms in total. The van der Waals surface area contributed by atoms with Gasteiger partial charge in [-0.3, -0.25) is 4.98 Å². The van der Waals surface area contributed by atoms with Gasteiger partial charge in [-0.25, -0.2) is 0 Å². The molecule has 1 fully saturated rings. The summed E-state index contributed by atoms with van der Waals surface area (Å²) in [4.78, 5) is 6.79. The number of para-hydroxylation sites is 1. The van der Waals surface area contributed by atoms with Gasteiger partial charge in [0.15, 0.2) is 5.11 Å². The summed E-state index contributed by atoms with van der Waals surface area (Å²) < 4.78 is 13.6. The van der Waals surface area contributed by atoms with Gasteiger partial charge >= 0.3 is 0 Å². The van der Waals surface area contributed by atoms with Gasteiger partial charge in [-0.1, -0.05) is 24.3 Å². The highest BCUT2D eigenvalue weighted by Crippen LogP contribution is 2.46. The summed E-state index contributed by atoms with van der Waals surface area (Å²) in [6.07, 6.45) is 1.81. The maximum Gasteiger partial charge on any atom is 0.174 e. The van der Waals surface area contributed by atoms with Crippen molar-refractivity contribution in [2.75, 3.05) is 19.1 Å². The third-order valence-corrected chi connectivity index (χ3v) is 6.48. The summed E-state index contributed by atoms with van der Waals surface area (Å²) in [5, 5.41) is 4.13. The number of pyridine rings is 1. The molecule has 0 saturated carbocycles. The highest BCUT2D eigenvalue weighted by atomic mass is 32.1. The molecule has 5 rings (SSSR count). The number of nitrogens with one attached hydrogen (secondary N) is 1. The summed E-state index contributed by atoms with van der Waals surface area (Å²) in [7, 11) is 3.32. The van der Waals surface area contributed by atoms with Crippen molar-refractivity contribution < 1.29 is 9.47 Å². The highest BCUT2D eigenvalue weighted by Gasteiger charge is 2.43. The molecule has 0 aliphatic carbocycles. The van der Waals surface area contributed by atoms with E-state index in [4.69, 9.17) is 21.7 Å². The van der Waals surface area contributed by atoms with E-state index in [1.165, 1.54) is 0 Å². The Kier molecular flexibility index (Phi) is 5.94. The smallest absolute Gasteiger partial charge is 0.174 e. The Hall–Kier alpha value is -3.84. The molecule has 1 N–H and O–H groups in total. The van der Waals surface area contributed by atoms with Crippen LogP contribution in [0.15, 0.2) is 85.1 Å². The second kappa shape index (κ2) is 9.19. The van der Waals surface area contributed by atoms with E-state index in [1.54, 1.807) is 14.2 Å². The Morgan fingerprint density at radius 3 is 2.41 bits per heavy atom. The number of aromatic nitrogens is 2. The zero-order valence-corrected chi connectivity index (χ0v) is 20.1. The fraction of sp³-hybridized carbons (Fsp3) is 0.185. The minimum Gasteiger partial charge on any atom is -0.497 e. The van der Waals surface area contributed by atoms with Crippen LogP contribution in [0, 0.1) is 6.92 Å². The Morgan fingerprint density at radius 2 is 1.71 bits per heavy atom. The first-order valence-corrected chi connectivity index (χ1v) is 11.5. The molecule has 2 aromatic heterocycles. The number of rotatable bonds is 6. The summed E-state index contributed by atoms with van der Waals surface area (Å²) in [6, 6.07) is 26.0. The van der Waals surface area contributed by atoms with Crippen LogP contribution < -0.4 is 19.7 Å². The minimum atomic E-state index is -0.183. The van der Waals surface area contributed by atoms with Crippen molar-refractivity contribution in [3.8, 4) is 17.2 Å². The molecule has 34 heavy (non-hydrogen) atoms. The van der Waals surface area contributed by atoms with Crippen LogP contribution in [0.25, 0.3) is 5.69 Å². The lowest BCUT2D eigenvalue weighted by Gasteiger charge is -2.30. The molecule has 2 aromatic carbocycles. The van der Waals surface area contributed by atoms with Crippen molar-refractivity contribution in [1.82, 2.24) is 14.9 Å². The van der Waals surface area contributed by atoms with Crippen molar-refractivity contribution in [2.45, 2.75) is 19.0 Å². The quantitative estimate of drug-likeness (QED) is 0.382. The first-order chi connectivity index (χ1) is 16.6. The van der Waals surface area contributed by atoms with Crippen LogP contribution in [0.3, 0.4) is 0 Å². The number of ether oxygens (including phenoxy) is 2. The Bertz CT molecular complexity index is 1310. The molecule has 3 heterocycles. The topological polar surface area (TPSA) is 51.6 Å². The average molecular weight is 471 g/mol. The van der Waals surface area contributed by atoms with Crippen LogP contribution in [0.2, 0.25) is 0 Å². The molecular weight excluding hydrogens is 444 g/mol. The van der Waals surface area contributed by atoms with Crippen molar-refractivity contribution >= 4 is 23.0 Å². The first-order valence-electron chi connectivity index (χ1n) is 11.1. The molecule has 2 atom stereocenters. The molecule has 1 aliphatic heterocycles. The van der Waals surface area contributed by atoms with E-state index >= 15 is 0 Å². The number of benzene rings is 2. The van der Waals surface area contributed by atoms with E-state index in [0.29, 0.717) is 10.9 Å². The van der Waals surface area contributed by atoms with Gasteiger partial charge in [0.05, 0.1) is 31.6 Å². The van der Waals surface area contributed by atoms with E-state index < -0.39 is 0 Å². The molecule has 0 amide bonds. The van der Waals surface area contributed by atoms with Gasteiger partial charge in [0.1, 0.15) is 17.5 Å². The summed E-state index contributed by atoms with van der Waals surface area (Å²) in [5.41, 5.74) is 5.07. The number of anilines is 1. The summed E-state index contributed by atoms with van der Waals surface area (Å²) >= 11 is 5.91. The first kappa shape index (κ1) is 22.0. The molecule has 0 unspecified atom stereocenters. The van der Waals surface area contributed by atoms with Crippen LogP contribution in [-0.2, 0) is 0 Å². The third-order valence-electron chi connectivity index (χ3n) is 6.17. The van der Waals surface area contributed by atoms with Gasteiger partial charge in [0.2, 0.25) is 0 Å². The van der Waals surface area contributed by atoms with Crippen LogP contribution >= 0.6 is 12.2 Å². The molecular formula is C27H26N4O2S. The van der Waals surface area contributed by atoms with Gasteiger partial charge in [-0.05, 0) is 67.7 Å². The van der Waals surface area contributed by atoms with E-state index in [1.807, 2.05) is 48.7 Å². The predicted octanol–water partition coefficient (Wildman–Crippen LogP) is 5.38. The van der Waals surface area contributed by atoms with Gasteiger partial charge in [0.25, 0.3) is 0 Å². The molecule has 1 saturated heterocycles. The van der Waals surface area contributed by atoms with Crippen LogP contribution in [0.4, 0.5) is 5.69 Å². The summed E-state index contributed by atoms with van der Waals surface area (Å²) in [6.45, 7) is 2.11. The van der Waals surface area contributed by atoms with Crippen molar-refractivity contribution in [2.24, 2.45) is 0 Å². The Balaban J connectivity index is 1.73. The second-order valence-corrected chi connectivity index (χ2v) is 8.49. The predicted molar refractivity (Wildman–Crippen MR) is 138 cm³/mol. The van der Waals surface area contributed by atoms with E-state index in [-0.39, 0.29) is 12.1 Å². The maximum absolute atomic E-state index is 5.91. The molecule has 0 bridgehead atoms. The van der Waals surface area contributed by atoms with Crippen molar-refractivity contribution in [1.29, 1.82) is 0 Å². The number of hydrogen-bond acceptors (Lipinski definition) is 4. The van der Waals surface area contributed by atoms with E-state index in [2.05, 4.69) is 63.1 Å². The molecule has 7 heteroatoms. The summed E-state index contributed by atoms with van der Waals surface area (Å²) in [5.74, 6) is 1.44. The van der Waals surface area contributed by atoms with Gasteiger partial charge < -0.3 is 24.3 Å². The molecule has 4 aromatic rings. The normalized spacial score (nSPS) is 17.5. The highest BCUT2D eigenvalue weighted by molar-refractivity contribution is 7.80. The third kappa shape index (κ3) is 3.78. The molecule has 0 radical (unpaired) electrons. The lowest BCUT2D eigenvalue weighted by molar-refractivity contribution is 0.402. The number of nitrogens with zero attached hydrogens (tertiary/aromatic N) is 3. The van der Waals surface area contributed by atoms with Crippen LogP contribution in [-0.4, -0.2) is 28.9 Å². The lowest BCUT2D eigenvalue weighted by atomic mass is 10.0. The number of thiocarbonyl (C=S) groups is 1. The van der Waals surface area contributed by atoms with Gasteiger partial charge in [0, 0.05) is 29.3 Å². The largest absolute Gasteiger partial charge is 0.497 e. The van der Waals surface area contributed by atoms with Gasteiger partial charge in [-0.2, -0.15) is 0 Å². The van der Waals surface area contributed by atoms with Crippen LogP contribution in [0.1, 0.15) is 29.2 Å². The lowest BCUT2D eigenvalue weighted by Crippen LogP contribution is -2.30. The van der Waals surface area contributed by atoms with Crippen molar-refractivity contribution in [3.05, 3.63) is 102 Å². The van der Waals surface area contributed by atoms with E-state index in [9.17, 15) is 0 Å². The SMILES string of the molecule is COc1ccc(OC)c(N2C(=S)N[C@@H](c3ccccn3)[C@@H]2c2ccc(C)n2-c2ccccc2)c1. The maximum atomic E-state index is 5.91. The Morgan fingerprint density at radius 1 is 0.912 bits per heavy atom. The number of methoxy groups -OCH3 is 2. The fourth-order valence-corrected chi connectivity index (χ4v) is 4.96. The molecule has 1 aliphatic rings. The molecule has 172 valence electrons. The molecule has 0 spiro atoms. The second-order valence-electron chi connectivity index (χ2n) is 8.10. The zero-order chi connectivity index (χ0) is 23.7. The zero-order valence-electron chi connectivity index (χ0n) is 19.3. The van der Waals surface area contributed by atoms with E-state index in [0.717, 1.165) is 34.2 Å². The van der Waals surface area contributed by atoms with Crippen LogP contribution in [0.5, 0.6) is 11.5 Å². The standard InChI is InChI=1S/C27H26N4O2S/c1-18-12-14-22(30(18)19-9-5-4-6-10-19)26-25(21-11-7-8-16-28-21)29-27(34)31(26)23-17-20(32-2)13-15-24(23)33-3/h4-17,25-26H,1-3H3,(H,29,34)/t25-,26-/m0/s1. The average Bonchev–Trinajstić information content (AvgIpc) is 3.43. The van der Waals surface area contributed by atoms with Crippen molar-refractivity contribution in [3.63, 3.8) is 0 Å². The monoisotopic (exact) mass is 470 g/mol. The van der Waals surface area contributed by atoms with Gasteiger partial charge in [-0.15, -0.1) is 0 Å².